The molecule has 3 aliphatic rings. The number of aliphatic hydroxyl groups is 3. The number of Topliss-reactive ketones (excluding diaryl/α,β-unsaturated/α-hetero) is 2. The SMILES string of the molecule is CN(C)c1cc(NC(=O)CN(CCN(CCN(CCN(CC(=O)O)CC(=O)O)CC(=O)O)CC(=O)O)CC(=O)O)c(O)c2c1C[C@H]1C[C@H]3[C@H](N(C)C)C(=O)C(C(N)=O)=C(O)[C@@]3(O)C(=O)C1=C2O. The maximum absolute atomic E-state index is 14.3. The van der Waals surface area contributed by atoms with Crippen molar-refractivity contribution in [3.05, 3.63) is 34.1 Å². The van der Waals surface area contributed by atoms with E-state index in [9.17, 15) is 78.9 Å². The molecule has 0 unspecified atom stereocenters. The Kier molecular flexibility index (Phi) is 17.2. The monoisotopic (exact) mass is 948 g/mol. The van der Waals surface area contributed by atoms with Gasteiger partial charge in [0.2, 0.25) is 11.7 Å². The number of benzene rings is 1. The second-order valence-corrected chi connectivity index (χ2v) is 17.0. The summed E-state index contributed by atoms with van der Waals surface area (Å²) in [6.07, 6.45) is -0.214. The molecule has 0 saturated heterocycles. The molecule has 12 N–H and O–H groups in total. The Morgan fingerprint density at radius 3 is 1.55 bits per heavy atom. The smallest absolute Gasteiger partial charge is 0.317 e. The highest BCUT2D eigenvalue weighted by atomic mass is 16.4. The van der Waals surface area contributed by atoms with Crippen LogP contribution in [0.2, 0.25) is 0 Å². The number of ketones is 2. The summed E-state index contributed by atoms with van der Waals surface area (Å²) in [4.78, 5) is 119. The van der Waals surface area contributed by atoms with E-state index in [4.69, 9.17) is 15.9 Å². The minimum absolute atomic E-state index is 0.0506. The van der Waals surface area contributed by atoms with E-state index in [1.165, 1.54) is 34.9 Å². The molecule has 4 atom stereocenters. The molecular weight excluding hydrogens is 892 g/mol. The average Bonchev–Trinajstić information content (AvgIpc) is 3.18. The van der Waals surface area contributed by atoms with Crippen LogP contribution in [0.4, 0.5) is 11.4 Å². The first-order valence-electron chi connectivity index (χ1n) is 20.7. The van der Waals surface area contributed by atoms with Gasteiger partial charge in [0.05, 0.1) is 56.6 Å². The molecule has 0 aliphatic heterocycles. The number of hydrogen-bond donors (Lipinski definition) is 11. The summed E-state index contributed by atoms with van der Waals surface area (Å²) < 4.78 is 0. The number of phenols is 1. The first-order chi connectivity index (χ1) is 31.2. The number of primary amides is 1. The lowest BCUT2D eigenvalue weighted by Crippen LogP contribution is -2.65. The molecule has 0 heterocycles. The summed E-state index contributed by atoms with van der Waals surface area (Å²) in [5, 5.41) is 96.1. The lowest BCUT2D eigenvalue weighted by atomic mass is 9.57. The fraction of sp³-hybridized carbons (Fsp3) is 0.537. The normalized spacial score (nSPS) is 20.3. The lowest BCUT2D eigenvalue weighted by Gasteiger charge is -2.50. The summed E-state index contributed by atoms with van der Waals surface area (Å²) >= 11 is 0. The molecule has 1 aromatic rings. The minimum Gasteiger partial charge on any atom is -0.508 e. The summed E-state index contributed by atoms with van der Waals surface area (Å²) in [5.74, 6) is -16.0. The number of carboxylic acid groups (broad SMARTS) is 5. The van der Waals surface area contributed by atoms with Crippen molar-refractivity contribution < 1.29 is 89.1 Å². The van der Waals surface area contributed by atoms with Crippen LogP contribution in [0.3, 0.4) is 0 Å². The van der Waals surface area contributed by atoms with Crippen LogP contribution in [-0.2, 0) is 49.6 Å². The molecule has 26 heteroatoms. The molecule has 0 radical (unpaired) electrons. The van der Waals surface area contributed by atoms with Gasteiger partial charge < -0.3 is 61.9 Å². The van der Waals surface area contributed by atoms with Crippen molar-refractivity contribution in [1.82, 2.24) is 24.5 Å². The standard InChI is InChI=1S/C41H56N8O18/c1-44(2)24-13-23(35(61)32-21(24)11-20-12-22-34(45(3)4)37(63)33(40(42)66)39(65)41(22,67)38(64)31(20)36(32)62)43-25(50)14-48(17-28(55)56)9-7-46(15-26(51)52)5-6-47(16-27(53)54)8-10-49(18-29(57)58)19-30(59)60/h13,20,22,34,61-62,65,67H,5-12,14-19H2,1-4H3,(H2,42,66)(H,43,50)(H,51,52)(H,53,54)(H,55,56)(H,57,58)(H,59,60)/t20-,22-,34-,41-/m0/s1. The maximum atomic E-state index is 14.3. The molecule has 67 heavy (non-hydrogen) atoms. The van der Waals surface area contributed by atoms with Crippen LogP contribution in [0.15, 0.2) is 23.0 Å². The van der Waals surface area contributed by atoms with Gasteiger partial charge in [0.1, 0.15) is 22.8 Å². The first kappa shape index (κ1) is 52.9. The van der Waals surface area contributed by atoms with E-state index in [1.54, 1.807) is 19.0 Å². The second kappa shape index (κ2) is 21.7. The summed E-state index contributed by atoms with van der Waals surface area (Å²) in [7, 11) is 6.17. The number of nitrogens with two attached hydrogens (primary N) is 1. The molecule has 1 saturated carbocycles. The summed E-state index contributed by atoms with van der Waals surface area (Å²) in [5.41, 5.74) is 1.11. The number of aliphatic carboxylic acids is 5. The van der Waals surface area contributed by atoms with E-state index in [-0.39, 0.29) is 63.4 Å². The number of aromatic hydroxyl groups is 1. The third-order valence-corrected chi connectivity index (χ3v) is 11.8. The third kappa shape index (κ3) is 12.2. The second-order valence-electron chi connectivity index (χ2n) is 17.0. The molecular formula is C41H56N8O18. The quantitative estimate of drug-likeness (QED) is 0.0336. The van der Waals surface area contributed by atoms with Gasteiger partial charge in [-0.2, -0.15) is 0 Å². The van der Waals surface area contributed by atoms with Gasteiger partial charge in [0.15, 0.2) is 11.4 Å². The van der Waals surface area contributed by atoms with Gasteiger partial charge in [-0.3, -0.25) is 67.7 Å². The van der Waals surface area contributed by atoms with E-state index in [0.29, 0.717) is 11.3 Å². The molecule has 2 amide bonds. The fourth-order valence-corrected chi connectivity index (χ4v) is 8.95. The Morgan fingerprint density at radius 2 is 1.13 bits per heavy atom. The van der Waals surface area contributed by atoms with Crippen LogP contribution >= 0.6 is 0 Å². The number of carbonyl (C=O) groups excluding carboxylic acids is 4. The van der Waals surface area contributed by atoms with Crippen LogP contribution < -0.4 is 16.0 Å². The van der Waals surface area contributed by atoms with Crippen LogP contribution in [0, 0.1) is 11.8 Å². The first-order valence-corrected chi connectivity index (χ1v) is 20.7. The number of aliphatic hydroxyl groups excluding tert-OH is 2. The zero-order valence-corrected chi connectivity index (χ0v) is 37.2. The highest BCUT2D eigenvalue weighted by Crippen LogP contribution is 2.54. The van der Waals surface area contributed by atoms with Crippen LogP contribution in [0.1, 0.15) is 17.5 Å². The molecule has 3 aliphatic carbocycles. The van der Waals surface area contributed by atoms with E-state index in [0.717, 1.165) is 9.80 Å². The molecule has 0 spiro atoms. The summed E-state index contributed by atoms with van der Waals surface area (Å²) in [6, 6.07) is 0.0768. The van der Waals surface area contributed by atoms with Crippen molar-refractivity contribution in [3.63, 3.8) is 0 Å². The zero-order chi connectivity index (χ0) is 50.4. The average molecular weight is 949 g/mol. The highest BCUT2D eigenvalue weighted by molar-refractivity contribution is 6.24. The number of carboxylic acids is 5. The number of amides is 2. The number of rotatable bonds is 25. The van der Waals surface area contributed by atoms with Crippen molar-refractivity contribution in [2.24, 2.45) is 17.6 Å². The van der Waals surface area contributed by atoms with E-state index in [1.807, 2.05) is 0 Å². The number of nitrogens with one attached hydrogen (secondary N) is 1. The van der Waals surface area contributed by atoms with Gasteiger partial charge in [0, 0.05) is 70.5 Å². The number of likely N-dealkylation sites (N-methyl/N-ethyl adjacent to an activating group) is 1. The Morgan fingerprint density at radius 1 is 0.701 bits per heavy atom. The van der Waals surface area contributed by atoms with Crippen molar-refractivity contribution in [2.75, 3.05) is 117 Å². The molecule has 1 fully saturated rings. The Hall–Kier alpha value is -6.71. The number of hydrogen-bond acceptors (Lipinski definition) is 19. The fourth-order valence-electron chi connectivity index (χ4n) is 8.95. The van der Waals surface area contributed by atoms with Gasteiger partial charge in [-0.1, -0.05) is 0 Å². The molecule has 368 valence electrons. The van der Waals surface area contributed by atoms with E-state index in [2.05, 4.69) is 5.32 Å². The maximum Gasteiger partial charge on any atom is 0.317 e. The number of anilines is 2. The predicted octanol–water partition coefficient (Wildman–Crippen LogP) is -3.40. The minimum atomic E-state index is -2.89. The number of carbonyl (C=O) groups is 9. The molecule has 1 aromatic carbocycles. The van der Waals surface area contributed by atoms with Crippen LogP contribution in [0.5, 0.6) is 5.75 Å². The molecule has 0 aromatic heterocycles. The van der Waals surface area contributed by atoms with Crippen LogP contribution in [0.25, 0.3) is 5.76 Å². The highest BCUT2D eigenvalue weighted by Gasteiger charge is 2.64. The van der Waals surface area contributed by atoms with Crippen molar-refractivity contribution in [2.45, 2.75) is 24.5 Å². The topological polar surface area (TPSA) is 393 Å². The number of phenolic OH excluding ortho intramolecular Hbond substituents is 1. The Bertz CT molecular complexity index is 2250. The van der Waals surface area contributed by atoms with E-state index >= 15 is 0 Å². The number of fused-ring (bicyclic) bond motifs is 3. The number of nitrogens with zero attached hydrogens (tertiary/aromatic N) is 6. The van der Waals surface area contributed by atoms with Crippen LogP contribution in [-0.4, -0.2) is 242 Å². The van der Waals surface area contributed by atoms with Gasteiger partial charge >= 0.3 is 29.8 Å². The van der Waals surface area contributed by atoms with Crippen molar-refractivity contribution in [3.8, 4) is 5.75 Å². The summed E-state index contributed by atoms with van der Waals surface area (Å²) in [6.45, 7) is -4.76. The third-order valence-electron chi connectivity index (χ3n) is 11.8. The van der Waals surface area contributed by atoms with Gasteiger partial charge in [0.25, 0.3) is 5.91 Å². The zero-order valence-electron chi connectivity index (χ0n) is 37.2. The van der Waals surface area contributed by atoms with Gasteiger partial charge in [-0.25, -0.2) is 0 Å². The Labute approximate surface area is 382 Å². The lowest BCUT2D eigenvalue weighted by molar-refractivity contribution is -0.154. The van der Waals surface area contributed by atoms with Crippen molar-refractivity contribution in [1.29, 1.82) is 0 Å². The largest absolute Gasteiger partial charge is 0.508 e. The van der Waals surface area contributed by atoms with Gasteiger partial charge in [-0.05, 0) is 44.5 Å². The van der Waals surface area contributed by atoms with Gasteiger partial charge in [-0.15, -0.1) is 0 Å². The Balaban J connectivity index is 1.60. The van der Waals surface area contributed by atoms with Crippen molar-refractivity contribution >= 4 is 70.4 Å². The van der Waals surface area contributed by atoms with E-state index < -0.39 is 144 Å². The molecule has 26 nitrogen and oxygen atoms in total. The predicted molar refractivity (Wildman–Crippen MR) is 231 cm³/mol. The molecule has 0 bridgehead atoms. The molecule has 4 rings (SSSR count).